The standard InChI is InChI=1S/C8H17NO/c1-5-8(7(3)10)9(4)6-2/h8H,5-6H2,1-4H3. The van der Waals surface area contributed by atoms with Crippen molar-refractivity contribution in [2.24, 2.45) is 0 Å². The largest absolute Gasteiger partial charge is 0.298 e. The van der Waals surface area contributed by atoms with E-state index in [2.05, 4.69) is 11.8 Å². The normalized spacial score (nSPS) is 13.7. The summed E-state index contributed by atoms with van der Waals surface area (Å²) in [7, 11) is 1.98. The molecule has 0 spiro atoms. The minimum Gasteiger partial charge on any atom is -0.298 e. The van der Waals surface area contributed by atoms with Crippen LogP contribution >= 0.6 is 0 Å². The smallest absolute Gasteiger partial charge is 0.146 e. The lowest BCUT2D eigenvalue weighted by atomic mass is 10.1. The van der Waals surface area contributed by atoms with Crippen LogP contribution in [0.1, 0.15) is 27.2 Å². The van der Waals surface area contributed by atoms with Crippen LogP contribution < -0.4 is 0 Å². The number of hydrogen-bond donors (Lipinski definition) is 0. The van der Waals surface area contributed by atoms with Gasteiger partial charge in [-0.05, 0) is 26.9 Å². The second-order valence-corrected chi connectivity index (χ2v) is 2.61. The quantitative estimate of drug-likeness (QED) is 0.591. The van der Waals surface area contributed by atoms with Crippen molar-refractivity contribution in [1.29, 1.82) is 0 Å². The van der Waals surface area contributed by atoms with Gasteiger partial charge >= 0.3 is 0 Å². The fourth-order valence-corrected chi connectivity index (χ4v) is 1.13. The van der Waals surface area contributed by atoms with E-state index < -0.39 is 0 Å². The van der Waals surface area contributed by atoms with Gasteiger partial charge in [0.2, 0.25) is 0 Å². The third kappa shape index (κ3) is 2.48. The van der Waals surface area contributed by atoms with Gasteiger partial charge in [-0.25, -0.2) is 0 Å². The number of rotatable bonds is 4. The SMILES string of the molecule is CCC(C(C)=O)N(C)CC. The van der Waals surface area contributed by atoms with Crippen LogP contribution in [-0.2, 0) is 4.79 Å². The number of carbonyl (C=O) groups excluding carboxylic acids is 1. The summed E-state index contributed by atoms with van der Waals surface area (Å²) in [5.74, 6) is 0.270. The van der Waals surface area contributed by atoms with Crippen molar-refractivity contribution in [1.82, 2.24) is 4.90 Å². The average molecular weight is 143 g/mol. The Labute approximate surface area is 63.2 Å². The molecule has 1 unspecified atom stereocenters. The number of hydrogen-bond acceptors (Lipinski definition) is 2. The molecule has 0 bridgehead atoms. The Morgan fingerprint density at radius 1 is 1.50 bits per heavy atom. The first kappa shape index (κ1) is 9.63. The molecule has 2 nitrogen and oxygen atoms in total. The van der Waals surface area contributed by atoms with Crippen molar-refractivity contribution >= 4 is 5.78 Å². The summed E-state index contributed by atoms with van der Waals surface area (Å²) in [6.07, 6.45) is 0.916. The summed E-state index contributed by atoms with van der Waals surface area (Å²) < 4.78 is 0. The predicted octanol–water partition coefficient (Wildman–Crippen LogP) is 1.31. The zero-order valence-corrected chi connectivity index (χ0v) is 7.35. The van der Waals surface area contributed by atoms with Gasteiger partial charge in [-0.3, -0.25) is 9.69 Å². The molecular formula is C8H17NO. The summed E-state index contributed by atoms with van der Waals surface area (Å²) in [6.45, 7) is 6.70. The van der Waals surface area contributed by atoms with E-state index in [1.165, 1.54) is 0 Å². The maximum Gasteiger partial charge on any atom is 0.146 e. The van der Waals surface area contributed by atoms with Gasteiger partial charge < -0.3 is 0 Å². The van der Waals surface area contributed by atoms with Gasteiger partial charge in [-0.15, -0.1) is 0 Å². The molecule has 0 aromatic rings. The van der Waals surface area contributed by atoms with Gasteiger partial charge in [0.1, 0.15) is 5.78 Å². The highest BCUT2D eigenvalue weighted by atomic mass is 16.1. The van der Waals surface area contributed by atoms with Crippen LogP contribution in [0.15, 0.2) is 0 Å². The van der Waals surface area contributed by atoms with E-state index in [1.54, 1.807) is 6.92 Å². The van der Waals surface area contributed by atoms with Crippen LogP contribution in [0.2, 0.25) is 0 Å². The van der Waals surface area contributed by atoms with E-state index in [-0.39, 0.29) is 11.8 Å². The Morgan fingerprint density at radius 3 is 2.10 bits per heavy atom. The molecule has 0 aromatic heterocycles. The summed E-state index contributed by atoms with van der Waals surface area (Å²) in [5, 5.41) is 0. The van der Waals surface area contributed by atoms with E-state index in [4.69, 9.17) is 0 Å². The number of likely N-dealkylation sites (N-methyl/N-ethyl adjacent to an activating group) is 1. The average Bonchev–Trinajstić information content (AvgIpc) is 1.88. The van der Waals surface area contributed by atoms with Gasteiger partial charge in [-0.2, -0.15) is 0 Å². The molecular weight excluding hydrogens is 126 g/mol. The molecule has 1 atom stereocenters. The Kier molecular flexibility index (Phi) is 4.28. The minimum absolute atomic E-state index is 0.130. The van der Waals surface area contributed by atoms with E-state index in [0.717, 1.165) is 13.0 Å². The Balaban J connectivity index is 3.92. The van der Waals surface area contributed by atoms with Crippen molar-refractivity contribution < 1.29 is 4.79 Å². The van der Waals surface area contributed by atoms with E-state index in [0.29, 0.717) is 0 Å². The first-order valence-corrected chi connectivity index (χ1v) is 3.84. The van der Waals surface area contributed by atoms with Gasteiger partial charge in [0.15, 0.2) is 0 Å². The van der Waals surface area contributed by atoms with Gasteiger partial charge in [0.25, 0.3) is 0 Å². The van der Waals surface area contributed by atoms with Crippen LogP contribution in [0, 0.1) is 0 Å². The zero-order chi connectivity index (χ0) is 8.15. The lowest BCUT2D eigenvalue weighted by molar-refractivity contribution is -0.121. The molecule has 0 N–H and O–H groups in total. The summed E-state index contributed by atoms with van der Waals surface area (Å²) >= 11 is 0. The maximum atomic E-state index is 10.9. The second-order valence-electron chi connectivity index (χ2n) is 2.61. The highest BCUT2D eigenvalue weighted by Crippen LogP contribution is 2.01. The first-order chi connectivity index (χ1) is 4.63. The molecule has 0 amide bonds. The van der Waals surface area contributed by atoms with Gasteiger partial charge in [-0.1, -0.05) is 13.8 Å². The molecule has 0 aliphatic rings. The molecule has 0 saturated heterocycles. The maximum absolute atomic E-state index is 10.9. The summed E-state index contributed by atoms with van der Waals surface area (Å²) in [4.78, 5) is 13.0. The predicted molar refractivity (Wildman–Crippen MR) is 43.1 cm³/mol. The van der Waals surface area contributed by atoms with Gasteiger partial charge in [0, 0.05) is 0 Å². The molecule has 0 radical (unpaired) electrons. The fourth-order valence-electron chi connectivity index (χ4n) is 1.13. The lowest BCUT2D eigenvalue weighted by Crippen LogP contribution is -2.36. The highest BCUT2D eigenvalue weighted by Gasteiger charge is 2.14. The fraction of sp³-hybridized carbons (Fsp3) is 0.875. The number of carbonyl (C=O) groups is 1. The minimum atomic E-state index is 0.130. The monoisotopic (exact) mass is 143 g/mol. The number of Topliss-reactive ketones (excluding diaryl/α,β-unsaturated/α-hetero) is 1. The molecule has 0 aliphatic carbocycles. The van der Waals surface area contributed by atoms with Crippen LogP contribution in [0.3, 0.4) is 0 Å². The Hall–Kier alpha value is -0.370. The first-order valence-electron chi connectivity index (χ1n) is 3.84. The number of ketones is 1. The second kappa shape index (κ2) is 4.45. The molecule has 0 aliphatic heterocycles. The van der Waals surface area contributed by atoms with Crippen LogP contribution in [0.5, 0.6) is 0 Å². The van der Waals surface area contributed by atoms with Crippen molar-refractivity contribution in [2.75, 3.05) is 13.6 Å². The summed E-state index contributed by atoms with van der Waals surface area (Å²) in [6, 6.07) is 0.130. The van der Waals surface area contributed by atoms with E-state index in [1.807, 2.05) is 14.0 Å². The topological polar surface area (TPSA) is 20.3 Å². The molecule has 0 saturated carbocycles. The van der Waals surface area contributed by atoms with E-state index in [9.17, 15) is 4.79 Å². The van der Waals surface area contributed by atoms with Gasteiger partial charge in [0.05, 0.1) is 6.04 Å². The third-order valence-electron chi connectivity index (χ3n) is 1.89. The highest BCUT2D eigenvalue weighted by molar-refractivity contribution is 5.81. The molecule has 0 rings (SSSR count). The van der Waals surface area contributed by atoms with Crippen LogP contribution in [0.4, 0.5) is 0 Å². The van der Waals surface area contributed by atoms with E-state index >= 15 is 0 Å². The molecule has 0 aromatic carbocycles. The zero-order valence-electron chi connectivity index (χ0n) is 7.35. The molecule has 0 fully saturated rings. The molecule has 0 heterocycles. The molecule has 2 heteroatoms. The number of nitrogens with zero attached hydrogens (tertiary/aromatic N) is 1. The third-order valence-corrected chi connectivity index (χ3v) is 1.89. The Bertz CT molecular complexity index is 112. The molecule has 60 valence electrons. The van der Waals surface area contributed by atoms with Crippen molar-refractivity contribution in [3.05, 3.63) is 0 Å². The van der Waals surface area contributed by atoms with Crippen molar-refractivity contribution in [2.45, 2.75) is 33.2 Å². The van der Waals surface area contributed by atoms with Crippen molar-refractivity contribution in [3.8, 4) is 0 Å². The van der Waals surface area contributed by atoms with Crippen molar-refractivity contribution in [3.63, 3.8) is 0 Å². The van der Waals surface area contributed by atoms with Crippen LogP contribution in [0.25, 0.3) is 0 Å². The Morgan fingerprint density at radius 2 is 2.00 bits per heavy atom. The molecule has 10 heavy (non-hydrogen) atoms. The van der Waals surface area contributed by atoms with Crippen LogP contribution in [-0.4, -0.2) is 30.3 Å². The lowest BCUT2D eigenvalue weighted by Gasteiger charge is -2.22. The summed E-state index contributed by atoms with van der Waals surface area (Å²) in [5.41, 5.74) is 0.